The maximum absolute atomic E-state index is 10.4. The molecule has 0 bridgehead atoms. The molecule has 1 heterocycles. The fraction of sp³-hybridized carbons (Fsp3) is 0.385. The van der Waals surface area contributed by atoms with Gasteiger partial charge in [0.05, 0.1) is 23.9 Å². The largest absolute Gasteiger partial charge is 0.480 e. The van der Waals surface area contributed by atoms with Crippen LogP contribution in [0.1, 0.15) is 24.4 Å². The second-order valence-electron chi connectivity index (χ2n) is 4.70. The number of aromatic nitrogens is 2. The normalized spacial score (nSPS) is 15.1. The zero-order valence-corrected chi connectivity index (χ0v) is 9.97. The minimum Gasteiger partial charge on any atom is -0.480 e. The van der Waals surface area contributed by atoms with Crippen LogP contribution in [0.3, 0.4) is 0 Å². The number of imidazole rings is 1. The van der Waals surface area contributed by atoms with Crippen molar-refractivity contribution in [3.05, 3.63) is 30.1 Å². The Kier molecular flexibility index (Phi) is 2.76. The number of nitrogens with one attached hydrogen (secondary N) is 1. The van der Waals surface area contributed by atoms with Gasteiger partial charge in [0, 0.05) is 12.6 Å². The van der Waals surface area contributed by atoms with Crippen molar-refractivity contribution < 1.29 is 9.90 Å². The van der Waals surface area contributed by atoms with Gasteiger partial charge < -0.3 is 15.0 Å². The van der Waals surface area contributed by atoms with E-state index < -0.39 is 5.97 Å². The number of aliphatic carboxylic acids is 1. The second kappa shape index (κ2) is 4.42. The number of hydrogen-bond acceptors (Lipinski definition) is 3. The molecule has 1 saturated carbocycles. The summed E-state index contributed by atoms with van der Waals surface area (Å²) in [5.74, 6) is -0.839. The lowest BCUT2D eigenvalue weighted by atomic mass is 10.2. The van der Waals surface area contributed by atoms with Crippen molar-refractivity contribution in [2.45, 2.75) is 25.4 Å². The molecule has 5 heteroatoms. The van der Waals surface area contributed by atoms with Gasteiger partial charge in [0.1, 0.15) is 0 Å². The third kappa shape index (κ3) is 2.22. The van der Waals surface area contributed by atoms with E-state index in [1.54, 1.807) is 0 Å². The monoisotopic (exact) mass is 245 g/mol. The van der Waals surface area contributed by atoms with E-state index in [0.717, 1.165) is 11.1 Å². The molecule has 0 atom stereocenters. The SMILES string of the molecule is O=C(O)CNCc1ccc2c(c1)ncn2C1CC1. The summed E-state index contributed by atoms with van der Waals surface area (Å²) in [4.78, 5) is 14.8. The average Bonchev–Trinajstić information content (AvgIpc) is 3.09. The Morgan fingerprint density at radius 3 is 3.06 bits per heavy atom. The number of benzene rings is 1. The highest BCUT2D eigenvalue weighted by atomic mass is 16.4. The molecule has 18 heavy (non-hydrogen) atoms. The lowest BCUT2D eigenvalue weighted by Gasteiger charge is -2.04. The Morgan fingerprint density at radius 1 is 1.50 bits per heavy atom. The van der Waals surface area contributed by atoms with Gasteiger partial charge in [0.25, 0.3) is 0 Å². The molecular formula is C13H15N3O2. The van der Waals surface area contributed by atoms with Crippen LogP contribution in [0.15, 0.2) is 24.5 Å². The zero-order chi connectivity index (χ0) is 12.5. The van der Waals surface area contributed by atoms with Crippen LogP contribution in [0, 0.1) is 0 Å². The van der Waals surface area contributed by atoms with Gasteiger partial charge in [-0.15, -0.1) is 0 Å². The number of carbonyl (C=O) groups is 1. The molecule has 0 saturated heterocycles. The van der Waals surface area contributed by atoms with E-state index in [-0.39, 0.29) is 6.54 Å². The highest BCUT2D eigenvalue weighted by Gasteiger charge is 2.24. The van der Waals surface area contributed by atoms with E-state index in [1.165, 1.54) is 18.4 Å². The standard InChI is InChI=1S/C13H15N3O2/c17-13(18)7-14-6-9-1-4-12-11(5-9)15-8-16(12)10-2-3-10/h1,4-5,8,10,14H,2-3,6-7H2,(H,17,18). The lowest BCUT2D eigenvalue weighted by Crippen LogP contribution is -2.21. The van der Waals surface area contributed by atoms with Gasteiger partial charge in [-0.05, 0) is 30.5 Å². The van der Waals surface area contributed by atoms with Gasteiger partial charge >= 0.3 is 5.97 Å². The molecule has 1 aliphatic carbocycles. The predicted molar refractivity (Wildman–Crippen MR) is 67.3 cm³/mol. The van der Waals surface area contributed by atoms with E-state index in [1.807, 2.05) is 18.5 Å². The number of rotatable bonds is 5. The molecule has 0 unspecified atom stereocenters. The van der Waals surface area contributed by atoms with Crippen molar-refractivity contribution in [2.24, 2.45) is 0 Å². The van der Waals surface area contributed by atoms with Crippen LogP contribution in [0.5, 0.6) is 0 Å². The molecule has 0 amide bonds. The summed E-state index contributed by atoms with van der Waals surface area (Å²) in [6, 6.07) is 6.74. The van der Waals surface area contributed by atoms with Crippen molar-refractivity contribution in [1.82, 2.24) is 14.9 Å². The molecule has 0 spiro atoms. The number of fused-ring (bicyclic) bond motifs is 1. The van der Waals surface area contributed by atoms with Crippen LogP contribution in [-0.2, 0) is 11.3 Å². The van der Waals surface area contributed by atoms with Gasteiger partial charge in [0.2, 0.25) is 0 Å². The Hall–Kier alpha value is -1.88. The van der Waals surface area contributed by atoms with Crippen molar-refractivity contribution in [3.63, 3.8) is 0 Å². The molecule has 1 aromatic heterocycles. The minimum atomic E-state index is -0.839. The van der Waals surface area contributed by atoms with Crippen molar-refractivity contribution in [2.75, 3.05) is 6.54 Å². The molecule has 1 aromatic carbocycles. The molecule has 2 aromatic rings. The van der Waals surface area contributed by atoms with Crippen molar-refractivity contribution in [3.8, 4) is 0 Å². The first-order valence-electron chi connectivity index (χ1n) is 6.12. The van der Waals surface area contributed by atoms with Crippen LogP contribution in [0.25, 0.3) is 11.0 Å². The minimum absolute atomic E-state index is 0.0193. The summed E-state index contributed by atoms with van der Waals surface area (Å²) < 4.78 is 2.23. The Balaban J connectivity index is 1.77. The topological polar surface area (TPSA) is 67.2 Å². The highest BCUT2D eigenvalue weighted by molar-refractivity contribution is 5.76. The lowest BCUT2D eigenvalue weighted by molar-refractivity contribution is -0.135. The molecule has 5 nitrogen and oxygen atoms in total. The van der Waals surface area contributed by atoms with Crippen LogP contribution in [-0.4, -0.2) is 27.2 Å². The molecule has 94 valence electrons. The number of carboxylic acids is 1. The highest BCUT2D eigenvalue weighted by Crippen LogP contribution is 2.37. The first kappa shape index (κ1) is 11.2. The number of nitrogens with zero attached hydrogens (tertiary/aromatic N) is 2. The van der Waals surface area contributed by atoms with Crippen molar-refractivity contribution >= 4 is 17.0 Å². The molecule has 1 aliphatic rings. The first-order valence-corrected chi connectivity index (χ1v) is 6.12. The third-order valence-corrected chi connectivity index (χ3v) is 3.18. The Bertz CT molecular complexity index is 587. The van der Waals surface area contributed by atoms with E-state index in [0.29, 0.717) is 12.6 Å². The van der Waals surface area contributed by atoms with Crippen LogP contribution < -0.4 is 5.32 Å². The predicted octanol–water partition coefficient (Wildman–Crippen LogP) is 1.55. The van der Waals surface area contributed by atoms with Gasteiger partial charge in [-0.1, -0.05) is 6.07 Å². The van der Waals surface area contributed by atoms with E-state index in [9.17, 15) is 4.79 Å². The third-order valence-electron chi connectivity index (χ3n) is 3.18. The van der Waals surface area contributed by atoms with Crippen LogP contribution in [0.2, 0.25) is 0 Å². The van der Waals surface area contributed by atoms with Crippen molar-refractivity contribution in [1.29, 1.82) is 0 Å². The molecule has 0 aliphatic heterocycles. The summed E-state index contributed by atoms with van der Waals surface area (Å²) in [6.45, 7) is 0.535. The molecule has 3 rings (SSSR count). The van der Waals surface area contributed by atoms with E-state index in [4.69, 9.17) is 5.11 Å². The fourth-order valence-corrected chi connectivity index (χ4v) is 2.14. The average molecular weight is 245 g/mol. The summed E-state index contributed by atoms with van der Waals surface area (Å²) in [6.07, 6.45) is 4.39. The Labute approximate surface area is 104 Å². The summed E-state index contributed by atoms with van der Waals surface area (Å²) in [5.41, 5.74) is 3.21. The number of carboxylic acid groups (broad SMARTS) is 1. The van der Waals surface area contributed by atoms with Gasteiger partial charge in [0.15, 0.2) is 0 Å². The van der Waals surface area contributed by atoms with Gasteiger partial charge in [-0.2, -0.15) is 0 Å². The maximum Gasteiger partial charge on any atom is 0.317 e. The first-order chi connectivity index (χ1) is 8.74. The summed E-state index contributed by atoms with van der Waals surface area (Å²) >= 11 is 0. The van der Waals surface area contributed by atoms with E-state index >= 15 is 0 Å². The molecule has 0 radical (unpaired) electrons. The summed E-state index contributed by atoms with van der Waals surface area (Å²) in [5, 5.41) is 11.4. The number of hydrogen-bond donors (Lipinski definition) is 2. The second-order valence-corrected chi connectivity index (χ2v) is 4.70. The Morgan fingerprint density at radius 2 is 2.33 bits per heavy atom. The fourth-order valence-electron chi connectivity index (χ4n) is 2.14. The quantitative estimate of drug-likeness (QED) is 0.838. The van der Waals surface area contributed by atoms with Gasteiger partial charge in [-0.25, -0.2) is 4.98 Å². The molecular weight excluding hydrogens is 230 g/mol. The molecule has 1 fully saturated rings. The van der Waals surface area contributed by atoms with Crippen LogP contribution in [0.4, 0.5) is 0 Å². The smallest absolute Gasteiger partial charge is 0.317 e. The van der Waals surface area contributed by atoms with Gasteiger partial charge in [-0.3, -0.25) is 4.79 Å². The van der Waals surface area contributed by atoms with E-state index in [2.05, 4.69) is 20.9 Å². The maximum atomic E-state index is 10.4. The van der Waals surface area contributed by atoms with Crippen LogP contribution >= 0.6 is 0 Å². The molecule has 2 N–H and O–H groups in total. The zero-order valence-electron chi connectivity index (χ0n) is 9.97. The summed E-state index contributed by atoms with van der Waals surface area (Å²) in [7, 11) is 0.